The van der Waals surface area contributed by atoms with Gasteiger partial charge in [-0.2, -0.15) is 0 Å². The first kappa shape index (κ1) is 23.5. The Hall–Kier alpha value is -2.15. The summed E-state index contributed by atoms with van der Waals surface area (Å²) >= 11 is 7.82. The van der Waals surface area contributed by atoms with E-state index in [9.17, 15) is 4.79 Å². The number of benzene rings is 2. The highest BCUT2D eigenvalue weighted by atomic mass is 35.5. The molecule has 0 fully saturated rings. The third-order valence-electron chi connectivity index (χ3n) is 4.92. The predicted molar refractivity (Wildman–Crippen MR) is 131 cm³/mol. The van der Waals surface area contributed by atoms with Crippen LogP contribution in [0, 0.1) is 0 Å². The van der Waals surface area contributed by atoms with Crippen LogP contribution in [0.3, 0.4) is 0 Å². The zero-order valence-corrected chi connectivity index (χ0v) is 20.0. The summed E-state index contributed by atoms with van der Waals surface area (Å²) in [5, 5.41) is 1.27. The van der Waals surface area contributed by atoms with Gasteiger partial charge in [-0.05, 0) is 63.8 Å². The van der Waals surface area contributed by atoms with Crippen LogP contribution in [0.4, 0.5) is 5.13 Å². The fourth-order valence-electron chi connectivity index (χ4n) is 3.26. The monoisotopic (exact) mass is 459 g/mol. The van der Waals surface area contributed by atoms with Crippen LogP contribution in [0.15, 0.2) is 42.5 Å². The number of carbonyl (C=O) groups excluding carboxylic acids is 1. The van der Waals surface area contributed by atoms with Gasteiger partial charge in [0.15, 0.2) is 5.13 Å². The van der Waals surface area contributed by atoms with E-state index in [1.54, 1.807) is 4.90 Å². The maximum absolute atomic E-state index is 13.5. The summed E-state index contributed by atoms with van der Waals surface area (Å²) in [5.74, 6) is 0.649. The summed E-state index contributed by atoms with van der Waals surface area (Å²) in [6.07, 6.45) is 4.14. The number of para-hydroxylation sites is 1. The second-order valence-electron chi connectivity index (χ2n) is 7.78. The summed E-state index contributed by atoms with van der Waals surface area (Å²) in [6.45, 7) is 4.29. The molecule has 1 aromatic heterocycles. The Morgan fingerprint density at radius 3 is 2.65 bits per heavy atom. The van der Waals surface area contributed by atoms with Crippen LogP contribution in [0.5, 0.6) is 5.75 Å². The number of rotatable bonds is 11. The van der Waals surface area contributed by atoms with Crippen molar-refractivity contribution in [3.05, 3.63) is 53.1 Å². The van der Waals surface area contributed by atoms with Crippen molar-refractivity contribution in [2.24, 2.45) is 0 Å². The number of carbonyl (C=O) groups is 1. The van der Waals surface area contributed by atoms with Crippen LogP contribution in [0.1, 0.15) is 43.0 Å². The lowest BCUT2D eigenvalue weighted by atomic mass is 10.2. The number of amides is 1. The van der Waals surface area contributed by atoms with Gasteiger partial charge in [0.25, 0.3) is 5.91 Å². The Bertz CT molecular complexity index is 1010. The van der Waals surface area contributed by atoms with Crippen LogP contribution in [0.2, 0.25) is 5.02 Å². The van der Waals surface area contributed by atoms with Gasteiger partial charge in [-0.3, -0.25) is 9.69 Å². The normalized spacial score (nSPS) is 11.3. The lowest BCUT2D eigenvalue weighted by Gasteiger charge is -2.21. The molecule has 0 bridgehead atoms. The molecule has 0 radical (unpaired) electrons. The van der Waals surface area contributed by atoms with Crippen molar-refractivity contribution in [2.75, 3.05) is 38.7 Å². The summed E-state index contributed by atoms with van der Waals surface area (Å²) in [6, 6.07) is 13.1. The predicted octanol–water partition coefficient (Wildman–Crippen LogP) is 6.12. The molecule has 0 aliphatic heterocycles. The van der Waals surface area contributed by atoms with Gasteiger partial charge in [-0.1, -0.05) is 54.8 Å². The number of halogens is 1. The highest BCUT2D eigenvalue weighted by Crippen LogP contribution is 2.33. The summed E-state index contributed by atoms with van der Waals surface area (Å²) < 4.78 is 6.83. The molecule has 5 nitrogen and oxygen atoms in total. The lowest BCUT2D eigenvalue weighted by Crippen LogP contribution is -2.33. The standard InChI is InChI=1S/C24H30ClN3O2S/c1-4-5-6-16-30-19-11-7-10-18(17-19)23(29)28(15-9-14-27(2)3)24-26-22-20(25)12-8-13-21(22)31-24/h7-8,10-13,17H,4-6,9,14-16H2,1-3H3. The van der Waals surface area contributed by atoms with E-state index in [4.69, 9.17) is 21.3 Å². The number of hydrogen-bond donors (Lipinski definition) is 0. The number of anilines is 1. The van der Waals surface area contributed by atoms with Gasteiger partial charge in [0.1, 0.15) is 11.3 Å². The lowest BCUT2D eigenvalue weighted by molar-refractivity contribution is 0.0985. The van der Waals surface area contributed by atoms with Crippen LogP contribution >= 0.6 is 22.9 Å². The van der Waals surface area contributed by atoms with E-state index in [0.29, 0.717) is 28.9 Å². The van der Waals surface area contributed by atoms with Crippen molar-refractivity contribution in [3.63, 3.8) is 0 Å². The quantitative estimate of drug-likeness (QED) is 0.324. The molecule has 1 amide bonds. The average molecular weight is 460 g/mol. The van der Waals surface area contributed by atoms with Crippen molar-refractivity contribution in [2.45, 2.75) is 32.6 Å². The highest BCUT2D eigenvalue weighted by molar-refractivity contribution is 7.22. The first-order valence-electron chi connectivity index (χ1n) is 10.7. The molecule has 0 unspecified atom stereocenters. The fourth-order valence-corrected chi connectivity index (χ4v) is 4.55. The van der Waals surface area contributed by atoms with Gasteiger partial charge >= 0.3 is 0 Å². The van der Waals surface area contributed by atoms with E-state index >= 15 is 0 Å². The Morgan fingerprint density at radius 1 is 1.10 bits per heavy atom. The topological polar surface area (TPSA) is 45.7 Å². The molecular weight excluding hydrogens is 430 g/mol. The molecule has 0 saturated carbocycles. The fraction of sp³-hybridized carbons (Fsp3) is 0.417. The van der Waals surface area contributed by atoms with E-state index < -0.39 is 0 Å². The maximum Gasteiger partial charge on any atom is 0.260 e. The molecule has 3 aromatic rings. The number of aromatic nitrogens is 1. The smallest absolute Gasteiger partial charge is 0.260 e. The first-order chi connectivity index (χ1) is 15.0. The van der Waals surface area contributed by atoms with Crippen LogP contribution in [-0.2, 0) is 0 Å². The Kier molecular flexibility index (Phi) is 8.69. The Labute approximate surface area is 193 Å². The van der Waals surface area contributed by atoms with Crippen molar-refractivity contribution >= 4 is 44.2 Å². The molecule has 1 heterocycles. The first-order valence-corrected chi connectivity index (χ1v) is 11.9. The largest absolute Gasteiger partial charge is 0.494 e. The number of fused-ring (bicyclic) bond motifs is 1. The number of hydrogen-bond acceptors (Lipinski definition) is 5. The van der Waals surface area contributed by atoms with Crippen molar-refractivity contribution < 1.29 is 9.53 Å². The molecule has 0 aliphatic rings. The van der Waals surface area contributed by atoms with Gasteiger partial charge in [0, 0.05) is 12.1 Å². The molecule has 3 rings (SSSR count). The second kappa shape index (κ2) is 11.5. The number of ether oxygens (including phenoxy) is 1. The summed E-state index contributed by atoms with van der Waals surface area (Å²) in [7, 11) is 4.06. The second-order valence-corrected chi connectivity index (χ2v) is 9.20. The third-order valence-corrected chi connectivity index (χ3v) is 6.27. The molecule has 0 N–H and O–H groups in total. The number of thiazole rings is 1. The average Bonchev–Trinajstić information content (AvgIpc) is 3.19. The molecule has 0 aliphatic carbocycles. The van der Waals surface area contributed by atoms with Crippen molar-refractivity contribution in [1.29, 1.82) is 0 Å². The maximum atomic E-state index is 13.5. The Balaban J connectivity index is 1.84. The zero-order valence-electron chi connectivity index (χ0n) is 18.4. The molecule has 0 spiro atoms. The Morgan fingerprint density at radius 2 is 1.90 bits per heavy atom. The highest BCUT2D eigenvalue weighted by Gasteiger charge is 2.22. The molecule has 2 aromatic carbocycles. The molecule has 0 saturated heterocycles. The van der Waals surface area contributed by atoms with Gasteiger partial charge in [0.2, 0.25) is 0 Å². The summed E-state index contributed by atoms with van der Waals surface area (Å²) in [4.78, 5) is 22.1. The zero-order chi connectivity index (χ0) is 22.2. The molecule has 31 heavy (non-hydrogen) atoms. The van der Waals surface area contributed by atoms with E-state index in [-0.39, 0.29) is 5.91 Å². The number of nitrogens with zero attached hydrogens (tertiary/aromatic N) is 3. The van der Waals surface area contributed by atoms with E-state index in [2.05, 4.69) is 11.8 Å². The van der Waals surface area contributed by atoms with Gasteiger partial charge in [-0.15, -0.1) is 0 Å². The van der Waals surface area contributed by atoms with E-state index in [0.717, 1.165) is 48.2 Å². The van der Waals surface area contributed by atoms with Crippen LogP contribution in [0.25, 0.3) is 10.2 Å². The molecule has 166 valence electrons. The minimum absolute atomic E-state index is 0.0760. The van der Waals surface area contributed by atoms with Crippen molar-refractivity contribution in [1.82, 2.24) is 9.88 Å². The molecule has 0 atom stereocenters. The SMILES string of the molecule is CCCCCOc1cccc(C(=O)N(CCCN(C)C)c2nc3c(Cl)cccc3s2)c1. The van der Waals surface area contributed by atoms with Gasteiger partial charge < -0.3 is 9.64 Å². The van der Waals surface area contributed by atoms with E-state index in [1.165, 1.54) is 11.3 Å². The number of unbranched alkanes of at least 4 members (excludes halogenated alkanes) is 2. The third kappa shape index (κ3) is 6.42. The molecular formula is C24H30ClN3O2S. The van der Waals surface area contributed by atoms with Gasteiger partial charge in [0.05, 0.1) is 16.3 Å². The van der Waals surface area contributed by atoms with Crippen LogP contribution < -0.4 is 9.64 Å². The minimum atomic E-state index is -0.0760. The van der Waals surface area contributed by atoms with Gasteiger partial charge in [-0.25, -0.2) is 4.98 Å². The summed E-state index contributed by atoms with van der Waals surface area (Å²) in [5.41, 5.74) is 1.34. The van der Waals surface area contributed by atoms with Crippen LogP contribution in [-0.4, -0.2) is 49.6 Å². The van der Waals surface area contributed by atoms with E-state index in [1.807, 2.05) is 56.6 Å². The molecule has 7 heteroatoms. The van der Waals surface area contributed by atoms with Crippen molar-refractivity contribution in [3.8, 4) is 5.75 Å². The minimum Gasteiger partial charge on any atom is -0.494 e.